The summed E-state index contributed by atoms with van der Waals surface area (Å²) in [5.41, 5.74) is 0.737. The highest BCUT2D eigenvalue weighted by Gasteiger charge is 2.18. The maximum absolute atomic E-state index is 13.3. The van der Waals surface area contributed by atoms with E-state index >= 15 is 0 Å². The van der Waals surface area contributed by atoms with E-state index in [2.05, 4.69) is 0 Å². The summed E-state index contributed by atoms with van der Waals surface area (Å²) in [4.78, 5) is 0.145. The lowest BCUT2D eigenvalue weighted by atomic mass is 10.0. The topological polar surface area (TPSA) is 34.1 Å². The van der Waals surface area contributed by atoms with E-state index in [4.69, 9.17) is 23.2 Å². The van der Waals surface area contributed by atoms with Gasteiger partial charge in [0.15, 0.2) is 21.5 Å². The van der Waals surface area contributed by atoms with Crippen molar-refractivity contribution in [3.8, 4) is 0 Å². The third-order valence-electron chi connectivity index (χ3n) is 2.91. The molecule has 0 amide bonds. The molecule has 2 rings (SSSR count). The minimum Gasteiger partial charge on any atom is -0.224 e. The van der Waals surface area contributed by atoms with Crippen LogP contribution in [0, 0.1) is 11.6 Å². The molecular weight excluding hydrogens is 341 g/mol. The first-order chi connectivity index (χ1) is 9.70. The molecule has 0 radical (unpaired) electrons. The third kappa shape index (κ3) is 3.54. The van der Waals surface area contributed by atoms with E-state index in [9.17, 15) is 17.2 Å². The second-order valence-corrected chi connectivity index (χ2v) is 7.35. The van der Waals surface area contributed by atoms with Gasteiger partial charge < -0.3 is 0 Å². The van der Waals surface area contributed by atoms with Gasteiger partial charge in [-0.1, -0.05) is 23.7 Å². The molecule has 2 nitrogen and oxygen atoms in total. The lowest BCUT2D eigenvalue weighted by Gasteiger charge is -2.13. The average Bonchev–Trinajstić information content (AvgIpc) is 2.41. The lowest BCUT2D eigenvalue weighted by molar-refractivity contribution is 0.507. The summed E-state index contributed by atoms with van der Waals surface area (Å²) in [5, 5.41) is -0.817. The van der Waals surface area contributed by atoms with Crippen LogP contribution in [0.2, 0.25) is 5.02 Å². The number of benzene rings is 2. The zero-order valence-corrected chi connectivity index (χ0v) is 13.1. The summed E-state index contributed by atoms with van der Waals surface area (Å²) >= 11 is 12.1. The summed E-state index contributed by atoms with van der Waals surface area (Å²) in [7, 11) is -3.31. The number of hydrogen-bond acceptors (Lipinski definition) is 2. The Kier molecular flexibility index (Phi) is 4.56. The number of hydrogen-bond donors (Lipinski definition) is 0. The molecule has 1 atom stereocenters. The second-order valence-electron chi connectivity index (χ2n) is 4.49. The van der Waals surface area contributed by atoms with E-state index in [1.54, 1.807) is 0 Å². The summed E-state index contributed by atoms with van der Waals surface area (Å²) in [5.74, 6) is -2.10. The normalized spacial score (nSPS) is 13.2. The minimum atomic E-state index is -3.31. The van der Waals surface area contributed by atoms with Crippen LogP contribution >= 0.6 is 23.2 Å². The third-order valence-corrected chi connectivity index (χ3v) is 4.86. The van der Waals surface area contributed by atoms with Crippen LogP contribution in [0.5, 0.6) is 0 Å². The highest BCUT2D eigenvalue weighted by atomic mass is 35.5. The largest absolute Gasteiger partial charge is 0.224 e. The minimum absolute atomic E-state index is 0.00101. The maximum atomic E-state index is 13.3. The molecule has 0 saturated heterocycles. The monoisotopic (exact) mass is 350 g/mol. The Morgan fingerprint density at radius 3 is 2.10 bits per heavy atom. The van der Waals surface area contributed by atoms with Gasteiger partial charge in [-0.2, -0.15) is 0 Å². The Morgan fingerprint density at radius 1 is 1.05 bits per heavy atom. The molecular formula is C14H10Cl2F2O2S. The van der Waals surface area contributed by atoms with Crippen LogP contribution < -0.4 is 0 Å². The SMILES string of the molecule is CS(=O)(=O)c1ccc(C(Cl)c2cc(F)c(F)cc2Cl)cc1. The van der Waals surface area contributed by atoms with E-state index in [-0.39, 0.29) is 15.5 Å². The van der Waals surface area contributed by atoms with Gasteiger partial charge >= 0.3 is 0 Å². The summed E-state index contributed by atoms with van der Waals surface area (Å²) in [6.07, 6.45) is 1.09. The zero-order valence-electron chi connectivity index (χ0n) is 10.8. The molecule has 0 N–H and O–H groups in total. The van der Waals surface area contributed by atoms with Crippen LogP contribution in [0.3, 0.4) is 0 Å². The van der Waals surface area contributed by atoms with Crippen molar-refractivity contribution < 1.29 is 17.2 Å². The quantitative estimate of drug-likeness (QED) is 0.609. The van der Waals surface area contributed by atoms with Crippen molar-refractivity contribution in [1.82, 2.24) is 0 Å². The molecule has 0 bridgehead atoms. The second kappa shape index (κ2) is 5.91. The standard InChI is InChI=1S/C14H10Cl2F2O2S/c1-21(19,20)9-4-2-8(3-5-9)14(16)10-6-12(17)13(18)7-11(10)15/h2-7,14H,1H3. The Bertz CT molecular complexity index is 774. The number of alkyl halides is 1. The molecule has 2 aromatic carbocycles. The van der Waals surface area contributed by atoms with E-state index in [0.717, 1.165) is 18.4 Å². The predicted molar refractivity (Wildman–Crippen MR) is 78.6 cm³/mol. The first kappa shape index (κ1) is 16.2. The molecule has 0 aliphatic rings. The van der Waals surface area contributed by atoms with Gasteiger partial charge in [-0.25, -0.2) is 17.2 Å². The highest BCUT2D eigenvalue weighted by Crippen LogP contribution is 2.35. The van der Waals surface area contributed by atoms with Crippen molar-refractivity contribution in [2.75, 3.05) is 6.26 Å². The molecule has 0 spiro atoms. The smallest absolute Gasteiger partial charge is 0.175 e. The van der Waals surface area contributed by atoms with Gasteiger partial charge in [0.05, 0.1) is 10.3 Å². The molecule has 0 aliphatic heterocycles. The lowest BCUT2D eigenvalue weighted by Crippen LogP contribution is -2.00. The van der Waals surface area contributed by atoms with E-state index in [0.29, 0.717) is 5.56 Å². The molecule has 1 unspecified atom stereocenters. The van der Waals surface area contributed by atoms with Crippen LogP contribution in [0.15, 0.2) is 41.3 Å². The number of sulfone groups is 1. The fourth-order valence-corrected chi connectivity index (χ4v) is 3.07. The first-order valence-electron chi connectivity index (χ1n) is 5.78. The molecule has 2 aromatic rings. The van der Waals surface area contributed by atoms with E-state index in [1.807, 2.05) is 0 Å². The van der Waals surface area contributed by atoms with Gasteiger partial charge in [0.25, 0.3) is 0 Å². The Morgan fingerprint density at radius 2 is 1.57 bits per heavy atom. The van der Waals surface area contributed by atoms with Crippen molar-refractivity contribution in [2.24, 2.45) is 0 Å². The van der Waals surface area contributed by atoms with Crippen LogP contribution in [0.25, 0.3) is 0 Å². The Labute approximate surface area is 131 Å². The zero-order chi connectivity index (χ0) is 15.8. The predicted octanol–water partition coefficient (Wildman–Crippen LogP) is 4.35. The Hall–Kier alpha value is -1.17. The summed E-state index contributed by atoms with van der Waals surface area (Å²) in [6.45, 7) is 0. The number of rotatable bonds is 3. The van der Waals surface area contributed by atoms with Crippen LogP contribution in [0.4, 0.5) is 8.78 Å². The van der Waals surface area contributed by atoms with Gasteiger partial charge in [0, 0.05) is 11.3 Å². The van der Waals surface area contributed by atoms with Crippen LogP contribution in [-0.4, -0.2) is 14.7 Å². The Balaban J connectivity index is 2.41. The molecule has 21 heavy (non-hydrogen) atoms. The van der Waals surface area contributed by atoms with Crippen molar-refractivity contribution in [3.63, 3.8) is 0 Å². The summed E-state index contributed by atoms with van der Waals surface area (Å²) in [6, 6.07) is 7.59. The van der Waals surface area contributed by atoms with Gasteiger partial charge in [-0.15, -0.1) is 11.6 Å². The van der Waals surface area contributed by atoms with Crippen molar-refractivity contribution >= 4 is 33.0 Å². The fraction of sp³-hybridized carbons (Fsp3) is 0.143. The van der Waals surface area contributed by atoms with E-state index in [1.165, 1.54) is 24.3 Å². The van der Waals surface area contributed by atoms with Gasteiger partial charge in [0.2, 0.25) is 0 Å². The number of halogens is 4. The molecule has 0 saturated carbocycles. The van der Waals surface area contributed by atoms with Gasteiger partial charge in [0.1, 0.15) is 0 Å². The van der Waals surface area contributed by atoms with Crippen molar-refractivity contribution in [3.05, 3.63) is 64.2 Å². The molecule has 0 heterocycles. The van der Waals surface area contributed by atoms with Gasteiger partial charge in [-0.3, -0.25) is 0 Å². The molecule has 112 valence electrons. The fourth-order valence-electron chi connectivity index (χ4n) is 1.80. The molecule has 0 aliphatic carbocycles. The van der Waals surface area contributed by atoms with E-state index < -0.39 is 26.8 Å². The summed E-state index contributed by atoms with van der Waals surface area (Å²) < 4.78 is 49.1. The maximum Gasteiger partial charge on any atom is 0.175 e. The van der Waals surface area contributed by atoms with Crippen molar-refractivity contribution in [1.29, 1.82) is 0 Å². The van der Waals surface area contributed by atoms with Crippen molar-refractivity contribution in [2.45, 2.75) is 10.3 Å². The van der Waals surface area contributed by atoms with Crippen LogP contribution in [-0.2, 0) is 9.84 Å². The van der Waals surface area contributed by atoms with Gasteiger partial charge in [-0.05, 0) is 35.4 Å². The average molecular weight is 351 g/mol. The highest BCUT2D eigenvalue weighted by molar-refractivity contribution is 7.90. The molecule has 7 heteroatoms. The first-order valence-corrected chi connectivity index (χ1v) is 8.49. The van der Waals surface area contributed by atoms with Crippen LogP contribution in [0.1, 0.15) is 16.5 Å². The molecule has 0 aromatic heterocycles. The molecule has 0 fully saturated rings.